The van der Waals surface area contributed by atoms with Crippen molar-refractivity contribution in [3.05, 3.63) is 0 Å². The van der Waals surface area contributed by atoms with Gasteiger partial charge in [-0.25, -0.2) is 0 Å². The quantitative estimate of drug-likeness (QED) is 0.332. The smallest absolute Gasteiger partial charge is 0.157 e. The number of rotatable bonds is 0. The monoisotopic (exact) mass is 152 g/mol. The average molecular weight is 152 g/mol. The minimum Gasteiger partial charge on any atom is -0.466 e. The first kappa shape index (κ1) is 4.93. The molecule has 0 aromatic heterocycles. The van der Waals surface area contributed by atoms with Gasteiger partial charge in [-0.1, -0.05) is 0 Å². The van der Waals surface area contributed by atoms with Gasteiger partial charge in [0, 0.05) is 0 Å². The fourth-order valence-electron chi connectivity index (χ4n) is 0.440. The largest absolute Gasteiger partial charge is 0.466 e. The first-order valence-corrected chi connectivity index (χ1v) is 12.5. The van der Waals surface area contributed by atoms with Crippen molar-refractivity contribution in [2.75, 3.05) is 0 Å². The van der Waals surface area contributed by atoms with Crippen molar-refractivity contribution in [2.24, 2.45) is 0 Å². The Kier molecular flexibility index (Phi) is 2.37. The van der Waals surface area contributed by atoms with E-state index in [2.05, 4.69) is 0 Å². The maximum atomic E-state index is 5.35. The highest BCUT2D eigenvalue weighted by molar-refractivity contribution is 7.09. The van der Waals surface area contributed by atoms with Crippen LogP contribution >= 0.6 is 0 Å². The summed E-state index contributed by atoms with van der Waals surface area (Å²) >= 11 is 0. The molecule has 0 radical (unpaired) electrons. The van der Waals surface area contributed by atoms with E-state index in [1.807, 2.05) is 0 Å². The van der Waals surface area contributed by atoms with Gasteiger partial charge in [0.05, 0.1) is 0 Å². The fourth-order valence-corrected chi connectivity index (χ4v) is 22.9. The lowest BCUT2D eigenvalue weighted by molar-refractivity contribution is 0.603. The Hall–Kier alpha value is 0.788. The molecule has 0 amide bonds. The lowest BCUT2D eigenvalue weighted by Gasteiger charge is -2.08. The predicted octanol–water partition coefficient (Wildman–Crippen LogP) is -3.80. The molecule has 0 aliphatic carbocycles. The molecule has 0 N–H and O–H groups in total. The number of hydrogen-bond donors (Lipinski definition) is 0. The molecule has 0 atom stereocenters. The van der Waals surface area contributed by atoms with Crippen molar-refractivity contribution >= 4 is 37.1 Å². The van der Waals surface area contributed by atoms with E-state index in [0.717, 1.165) is 0 Å². The van der Waals surface area contributed by atoms with Crippen LogP contribution in [0.4, 0.5) is 0 Å². The summed E-state index contributed by atoms with van der Waals surface area (Å²) in [4.78, 5) is 0. The van der Waals surface area contributed by atoms with Crippen molar-refractivity contribution in [1.29, 1.82) is 0 Å². The molecule has 1 aliphatic rings. The Morgan fingerprint density at radius 2 is 1.00 bits per heavy atom. The standard InChI is InChI=1S/H8O2Si4/c1-3-5-2-6-4-1/h3-6H2. The van der Waals surface area contributed by atoms with Crippen molar-refractivity contribution in [1.82, 2.24) is 0 Å². The highest BCUT2D eigenvalue weighted by atomic mass is 29.2. The molecule has 1 saturated heterocycles. The lowest BCUT2D eigenvalue weighted by atomic mass is 15.8. The molecule has 36 valence electrons. The fraction of sp³-hybridized carbons (Fsp3) is 0. The number of hydrogen-bond acceptors (Lipinski definition) is 2. The van der Waals surface area contributed by atoms with E-state index in [9.17, 15) is 0 Å². The first-order chi connectivity index (χ1) is 3.00. The molecule has 2 nitrogen and oxygen atoms in total. The predicted molar refractivity (Wildman–Crippen MR) is 36.3 cm³/mol. The molecular weight excluding hydrogens is 144 g/mol. The third kappa shape index (κ3) is 1.49. The van der Waals surface area contributed by atoms with Gasteiger partial charge in [0.25, 0.3) is 0 Å². The van der Waals surface area contributed by atoms with Gasteiger partial charge in [0.2, 0.25) is 0 Å². The van der Waals surface area contributed by atoms with Crippen LogP contribution in [0, 0.1) is 0 Å². The van der Waals surface area contributed by atoms with Gasteiger partial charge < -0.3 is 8.23 Å². The van der Waals surface area contributed by atoms with E-state index >= 15 is 0 Å². The van der Waals surface area contributed by atoms with Gasteiger partial charge >= 0.3 is 0 Å². The molecule has 0 bridgehead atoms. The summed E-state index contributed by atoms with van der Waals surface area (Å²) in [6.07, 6.45) is 0. The van der Waals surface area contributed by atoms with E-state index in [-0.39, 0.29) is 37.1 Å². The van der Waals surface area contributed by atoms with E-state index < -0.39 is 0 Å². The average Bonchev–Trinajstić information content (AvgIpc) is 1.72. The summed E-state index contributed by atoms with van der Waals surface area (Å²) < 4.78 is 10.7. The summed E-state index contributed by atoms with van der Waals surface area (Å²) in [5.74, 6) is 0. The van der Waals surface area contributed by atoms with Crippen LogP contribution in [0.25, 0.3) is 0 Å². The van der Waals surface area contributed by atoms with Gasteiger partial charge in [-0.15, -0.1) is 0 Å². The second kappa shape index (κ2) is 2.88. The van der Waals surface area contributed by atoms with Crippen LogP contribution in [0.2, 0.25) is 0 Å². The SMILES string of the molecule is O1[SiH2][SiH2]O[SiH2][SiH2]1. The normalized spacial score (nSPS) is 40.0. The molecule has 1 rings (SSSR count). The van der Waals surface area contributed by atoms with Crippen LogP contribution in [0.3, 0.4) is 0 Å². The summed E-state index contributed by atoms with van der Waals surface area (Å²) in [5.41, 5.74) is 0. The van der Waals surface area contributed by atoms with E-state index in [4.69, 9.17) is 8.23 Å². The molecule has 0 saturated carbocycles. The molecule has 1 heterocycles. The maximum absolute atomic E-state index is 5.35. The van der Waals surface area contributed by atoms with Crippen LogP contribution < -0.4 is 0 Å². The van der Waals surface area contributed by atoms with Crippen molar-refractivity contribution in [3.8, 4) is 0 Å². The highest BCUT2D eigenvalue weighted by Crippen LogP contribution is 1.73. The zero-order valence-corrected chi connectivity index (χ0v) is 9.30. The third-order valence-corrected chi connectivity index (χ3v) is 17.1. The lowest BCUT2D eigenvalue weighted by Crippen LogP contribution is -2.28. The molecule has 0 spiro atoms. The Bertz CT molecular complexity index is 21.0. The Labute approximate surface area is 46.0 Å². The molecule has 0 aromatic carbocycles. The van der Waals surface area contributed by atoms with Crippen LogP contribution in [0.1, 0.15) is 0 Å². The zero-order valence-electron chi connectivity index (χ0n) is 3.64. The maximum Gasteiger partial charge on any atom is 0.157 e. The molecule has 6 heteroatoms. The minimum absolute atomic E-state index is 0.0216. The van der Waals surface area contributed by atoms with Crippen LogP contribution in [0.15, 0.2) is 0 Å². The minimum atomic E-state index is 0.0216. The van der Waals surface area contributed by atoms with Crippen LogP contribution in [0.5, 0.6) is 0 Å². The van der Waals surface area contributed by atoms with Gasteiger partial charge in [-0.05, 0) is 0 Å². The molecule has 0 unspecified atom stereocenters. The third-order valence-electron chi connectivity index (χ3n) is 0.744. The molecule has 0 aromatic rings. The van der Waals surface area contributed by atoms with Crippen molar-refractivity contribution in [3.63, 3.8) is 0 Å². The topological polar surface area (TPSA) is 18.5 Å². The molecule has 1 fully saturated rings. The van der Waals surface area contributed by atoms with Crippen LogP contribution in [-0.4, -0.2) is 37.1 Å². The van der Waals surface area contributed by atoms with E-state index in [1.165, 1.54) is 0 Å². The Balaban J connectivity index is 2.00. The summed E-state index contributed by atoms with van der Waals surface area (Å²) in [6, 6.07) is 0. The van der Waals surface area contributed by atoms with E-state index in [0.29, 0.717) is 0 Å². The van der Waals surface area contributed by atoms with Crippen LogP contribution in [-0.2, 0) is 8.23 Å². The Morgan fingerprint density at radius 1 is 0.667 bits per heavy atom. The second-order valence-corrected chi connectivity index (χ2v) is 11.0. The summed E-state index contributed by atoms with van der Waals surface area (Å²) in [6.45, 7) is 0. The van der Waals surface area contributed by atoms with Crippen molar-refractivity contribution < 1.29 is 8.23 Å². The molecular formula is H8O2Si4. The first-order valence-electron chi connectivity index (χ1n) is 2.15. The van der Waals surface area contributed by atoms with Gasteiger partial charge in [-0.2, -0.15) is 0 Å². The highest BCUT2D eigenvalue weighted by Gasteiger charge is 1.98. The van der Waals surface area contributed by atoms with Crippen molar-refractivity contribution in [2.45, 2.75) is 0 Å². The van der Waals surface area contributed by atoms with Gasteiger partial charge in [-0.3, -0.25) is 0 Å². The Morgan fingerprint density at radius 3 is 1.17 bits per heavy atom. The molecule has 6 heavy (non-hydrogen) atoms. The zero-order chi connectivity index (χ0) is 4.24. The van der Waals surface area contributed by atoms with Gasteiger partial charge in [0.15, 0.2) is 37.1 Å². The summed E-state index contributed by atoms with van der Waals surface area (Å²) in [7, 11) is 0.0864. The molecule has 1 aliphatic heterocycles. The summed E-state index contributed by atoms with van der Waals surface area (Å²) in [5, 5.41) is 0. The van der Waals surface area contributed by atoms with E-state index in [1.54, 1.807) is 0 Å². The second-order valence-electron chi connectivity index (χ2n) is 1.22. The van der Waals surface area contributed by atoms with Gasteiger partial charge in [0.1, 0.15) is 0 Å².